The fourth-order valence-corrected chi connectivity index (χ4v) is 4.33. The predicted molar refractivity (Wildman–Crippen MR) is 119 cm³/mol. The second kappa shape index (κ2) is 10.9. The summed E-state index contributed by atoms with van der Waals surface area (Å²) in [5.74, 6) is -0.824. The zero-order chi connectivity index (χ0) is 23.1. The molecule has 2 aromatic carbocycles. The third-order valence-corrected chi connectivity index (χ3v) is 6.22. The van der Waals surface area contributed by atoms with Crippen LogP contribution in [0.15, 0.2) is 54.6 Å². The maximum atomic E-state index is 14.0. The summed E-state index contributed by atoms with van der Waals surface area (Å²) < 4.78 is 64.8. The van der Waals surface area contributed by atoms with E-state index in [4.69, 9.17) is 0 Å². The zero-order valence-corrected chi connectivity index (χ0v) is 18.3. The van der Waals surface area contributed by atoms with Gasteiger partial charge >= 0.3 is 6.18 Å². The Balaban J connectivity index is 1.47. The highest BCUT2D eigenvalue weighted by Crippen LogP contribution is 2.36. The quantitative estimate of drug-likeness (QED) is 0.294. The van der Waals surface area contributed by atoms with Crippen molar-refractivity contribution in [2.45, 2.75) is 64.0 Å². The van der Waals surface area contributed by atoms with Crippen molar-refractivity contribution >= 4 is 6.08 Å². The molecule has 0 saturated heterocycles. The molecule has 0 heterocycles. The standard InChI is InChI=1S/C27H29F5/c1-2-19-7-11-22(12-8-19)23-13-9-20(10-14-23)5-3-4-6-21-17-25(28)24(26(29)18-21)15-16-27(30,31)32/h3,5,7-8,11-12,15-18,20,23H,2,4,6,9-10,13-14H2,1H3. The van der Waals surface area contributed by atoms with Gasteiger partial charge in [-0.3, -0.25) is 0 Å². The average molecular weight is 449 g/mol. The Morgan fingerprint density at radius 2 is 1.53 bits per heavy atom. The van der Waals surface area contributed by atoms with Crippen molar-refractivity contribution in [3.05, 3.63) is 88.5 Å². The van der Waals surface area contributed by atoms with Crippen molar-refractivity contribution < 1.29 is 22.0 Å². The lowest BCUT2D eigenvalue weighted by molar-refractivity contribution is -0.0790. The number of allylic oxidation sites excluding steroid dienone is 3. The minimum absolute atomic E-state index is 0.161. The van der Waals surface area contributed by atoms with Crippen LogP contribution in [-0.2, 0) is 12.8 Å². The number of benzene rings is 2. The van der Waals surface area contributed by atoms with E-state index in [1.807, 2.05) is 6.08 Å². The van der Waals surface area contributed by atoms with E-state index in [-0.39, 0.29) is 6.08 Å². The van der Waals surface area contributed by atoms with Gasteiger partial charge in [-0.15, -0.1) is 0 Å². The van der Waals surface area contributed by atoms with Gasteiger partial charge in [-0.1, -0.05) is 43.3 Å². The van der Waals surface area contributed by atoms with E-state index < -0.39 is 23.4 Å². The summed E-state index contributed by atoms with van der Waals surface area (Å²) in [7, 11) is 0. The molecule has 1 fully saturated rings. The monoisotopic (exact) mass is 448 g/mol. The minimum atomic E-state index is -4.61. The lowest BCUT2D eigenvalue weighted by Crippen LogP contribution is -2.11. The summed E-state index contributed by atoms with van der Waals surface area (Å²) in [6.07, 6.45) is 6.60. The number of hydrogen-bond acceptors (Lipinski definition) is 0. The molecule has 32 heavy (non-hydrogen) atoms. The largest absolute Gasteiger partial charge is 0.409 e. The van der Waals surface area contributed by atoms with Gasteiger partial charge in [0.05, 0.1) is 0 Å². The SMILES string of the molecule is CCc1ccc(C2CCC(C=CCCc3cc(F)c(C=CC(F)(F)F)c(F)c3)CC2)cc1. The van der Waals surface area contributed by atoms with Crippen LogP contribution in [0.3, 0.4) is 0 Å². The molecule has 2 aromatic rings. The molecule has 0 N–H and O–H groups in total. The van der Waals surface area contributed by atoms with Gasteiger partial charge in [0, 0.05) is 11.6 Å². The first kappa shape index (κ1) is 24.2. The molecule has 1 saturated carbocycles. The summed E-state index contributed by atoms with van der Waals surface area (Å²) in [6, 6.07) is 11.2. The molecule has 0 amide bonds. The normalized spacial score (nSPS) is 19.8. The highest BCUT2D eigenvalue weighted by atomic mass is 19.4. The Bertz CT molecular complexity index is 907. The van der Waals surface area contributed by atoms with Crippen LogP contribution in [0.25, 0.3) is 6.08 Å². The Hall–Kier alpha value is -2.43. The van der Waals surface area contributed by atoms with Crippen molar-refractivity contribution in [1.29, 1.82) is 0 Å². The van der Waals surface area contributed by atoms with Crippen LogP contribution >= 0.6 is 0 Å². The second-order valence-corrected chi connectivity index (χ2v) is 8.52. The lowest BCUT2D eigenvalue weighted by atomic mass is 9.78. The molecule has 3 rings (SSSR count). The molecule has 1 aliphatic rings. The van der Waals surface area contributed by atoms with Crippen molar-refractivity contribution in [1.82, 2.24) is 0 Å². The molecule has 0 atom stereocenters. The molecule has 0 radical (unpaired) electrons. The molecule has 0 aromatic heterocycles. The lowest BCUT2D eigenvalue weighted by Gasteiger charge is -2.27. The fraction of sp³-hybridized carbons (Fsp3) is 0.407. The first-order valence-corrected chi connectivity index (χ1v) is 11.2. The molecule has 0 unspecified atom stereocenters. The van der Waals surface area contributed by atoms with Gasteiger partial charge in [0.25, 0.3) is 0 Å². The first-order chi connectivity index (χ1) is 15.2. The summed E-state index contributed by atoms with van der Waals surface area (Å²) in [5, 5.41) is 0. The smallest absolute Gasteiger partial charge is 0.206 e. The van der Waals surface area contributed by atoms with Crippen LogP contribution in [0.1, 0.15) is 67.2 Å². The van der Waals surface area contributed by atoms with E-state index in [9.17, 15) is 22.0 Å². The number of halogens is 5. The summed E-state index contributed by atoms with van der Waals surface area (Å²) in [6.45, 7) is 2.16. The van der Waals surface area contributed by atoms with Gasteiger partial charge in [0.15, 0.2) is 0 Å². The topological polar surface area (TPSA) is 0 Å². The van der Waals surface area contributed by atoms with Crippen LogP contribution in [0.2, 0.25) is 0 Å². The van der Waals surface area contributed by atoms with Crippen molar-refractivity contribution in [3.63, 3.8) is 0 Å². The molecule has 0 bridgehead atoms. The van der Waals surface area contributed by atoms with Gasteiger partial charge in [0.2, 0.25) is 0 Å². The number of hydrogen-bond donors (Lipinski definition) is 0. The van der Waals surface area contributed by atoms with E-state index in [0.717, 1.165) is 44.2 Å². The Kier molecular flexibility index (Phi) is 8.27. The van der Waals surface area contributed by atoms with Gasteiger partial charge in [-0.2, -0.15) is 13.2 Å². The molecule has 0 nitrogen and oxygen atoms in total. The van der Waals surface area contributed by atoms with E-state index in [0.29, 0.717) is 36.3 Å². The van der Waals surface area contributed by atoms with Crippen LogP contribution in [0.5, 0.6) is 0 Å². The van der Waals surface area contributed by atoms with Crippen LogP contribution in [0.4, 0.5) is 22.0 Å². The Labute approximate surface area is 186 Å². The zero-order valence-electron chi connectivity index (χ0n) is 18.3. The molecule has 5 heteroatoms. The van der Waals surface area contributed by atoms with Crippen LogP contribution < -0.4 is 0 Å². The third kappa shape index (κ3) is 7.04. The number of aryl methyl sites for hydroxylation is 2. The minimum Gasteiger partial charge on any atom is -0.206 e. The molecule has 0 spiro atoms. The Morgan fingerprint density at radius 1 is 0.906 bits per heavy atom. The van der Waals surface area contributed by atoms with Gasteiger partial charge in [-0.25, -0.2) is 8.78 Å². The van der Waals surface area contributed by atoms with Crippen molar-refractivity contribution in [2.24, 2.45) is 5.92 Å². The number of alkyl halides is 3. The van der Waals surface area contributed by atoms with E-state index in [1.165, 1.54) is 11.1 Å². The van der Waals surface area contributed by atoms with E-state index >= 15 is 0 Å². The summed E-state index contributed by atoms with van der Waals surface area (Å²) in [4.78, 5) is 0. The van der Waals surface area contributed by atoms with E-state index in [1.54, 1.807) is 0 Å². The van der Waals surface area contributed by atoms with Crippen molar-refractivity contribution in [2.75, 3.05) is 0 Å². The first-order valence-electron chi connectivity index (χ1n) is 11.2. The summed E-state index contributed by atoms with van der Waals surface area (Å²) in [5.41, 5.74) is 2.55. The third-order valence-electron chi connectivity index (χ3n) is 6.22. The van der Waals surface area contributed by atoms with Gasteiger partial charge < -0.3 is 0 Å². The number of rotatable bonds is 7. The fourth-order valence-electron chi connectivity index (χ4n) is 4.33. The highest BCUT2D eigenvalue weighted by Gasteiger charge is 2.23. The second-order valence-electron chi connectivity index (χ2n) is 8.52. The molecule has 0 aliphatic heterocycles. The average Bonchev–Trinajstić information content (AvgIpc) is 2.76. The summed E-state index contributed by atoms with van der Waals surface area (Å²) >= 11 is 0. The van der Waals surface area contributed by atoms with E-state index in [2.05, 4.69) is 37.3 Å². The van der Waals surface area contributed by atoms with Crippen molar-refractivity contribution in [3.8, 4) is 0 Å². The maximum absolute atomic E-state index is 14.0. The highest BCUT2D eigenvalue weighted by molar-refractivity contribution is 5.52. The maximum Gasteiger partial charge on any atom is 0.409 e. The van der Waals surface area contributed by atoms with Gasteiger partial charge in [-0.05, 0) is 91.7 Å². The molecular weight excluding hydrogens is 419 g/mol. The molecule has 172 valence electrons. The van der Waals surface area contributed by atoms with Crippen LogP contribution in [-0.4, -0.2) is 6.18 Å². The van der Waals surface area contributed by atoms with Gasteiger partial charge in [0.1, 0.15) is 11.6 Å². The molecular formula is C27H29F5. The predicted octanol–water partition coefficient (Wildman–Crippen LogP) is 8.57. The molecule has 1 aliphatic carbocycles. The van der Waals surface area contributed by atoms with Crippen LogP contribution in [0, 0.1) is 17.6 Å². The Morgan fingerprint density at radius 3 is 2.09 bits per heavy atom.